The monoisotopic (exact) mass is 282 g/mol. The second-order valence-corrected chi connectivity index (χ2v) is 6.55. The van der Waals surface area contributed by atoms with Gasteiger partial charge in [0.15, 0.2) is 0 Å². The molecule has 0 aromatic carbocycles. The van der Waals surface area contributed by atoms with E-state index in [1.807, 2.05) is 4.90 Å². The zero-order chi connectivity index (χ0) is 14.6. The van der Waals surface area contributed by atoms with Crippen molar-refractivity contribution in [1.29, 1.82) is 0 Å². The van der Waals surface area contributed by atoms with Gasteiger partial charge in [-0.1, -0.05) is 20.8 Å². The van der Waals surface area contributed by atoms with E-state index < -0.39 is 0 Å². The summed E-state index contributed by atoms with van der Waals surface area (Å²) in [5, 5.41) is 3.23. The molecule has 0 aromatic rings. The Morgan fingerprint density at radius 3 is 2.50 bits per heavy atom. The third-order valence-corrected chi connectivity index (χ3v) is 5.18. The highest BCUT2D eigenvalue weighted by Crippen LogP contribution is 2.31. The minimum atomic E-state index is -0.0212. The third kappa shape index (κ3) is 3.66. The van der Waals surface area contributed by atoms with Crippen molar-refractivity contribution < 1.29 is 9.53 Å². The highest BCUT2D eigenvalue weighted by molar-refractivity contribution is 5.74. The maximum absolute atomic E-state index is 12.3. The number of likely N-dealkylation sites (tertiary alicyclic amines) is 1. The summed E-state index contributed by atoms with van der Waals surface area (Å²) in [6.07, 6.45) is 6.21. The van der Waals surface area contributed by atoms with Crippen LogP contribution < -0.4 is 5.32 Å². The number of hydrogen-bond acceptors (Lipinski definition) is 2. The zero-order valence-corrected chi connectivity index (χ0v) is 13.3. The molecule has 4 nitrogen and oxygen atoms in total. The molecule has 2 aliphatic heterocycles. The molecule has 0 aliphatic carbocycles. The molecule has 0 saturated carbocycles. The Balaban J connectivity index is 1.84. The summed E-state index contributed by atoms with van der Waals surface area (Å²) in [5.74, 6) is 0.759. The van der Waals surface area contributed by atoms with E-state index in [2.05, 4.69) is 26.1 Å². The van der Waals surface area contributed by atoms with Crippen molar-refractivity contribution in [1.82, 2.24) is 10.2 Å². The van der Waals surface area contributed by atoms with E-state index in [4.69, 9.17) is 4.74 Å². The lowest BCUT2D eigenvalue weighted by molar-refractivity contribution is -0.0918. The Kier molecular flexibility index (Phi) is 5.30. The highest BCUT2D eigenvalue weighted by Gasteiger charge is 2.35. The molecule has 0 aromatic heterocycles. The van der Waals surface area contributed by atoms with Gasteiger partial charge in [0, 0.05) is 25.7 Å². The van der Waals surface area contributed by atoms with Crippen LogP contribution in [-0.4, -0.2) is 42.3 Å². The van der Waals surface area contributed by atoms with Gasteiger partial charge in [-0.2, -0.15) is 0 Å². The third-order valence-electron chi connectivity index (χ3n) is 5.18. The first-order chi connectivity index (χ1) is 9.58. The summed E-state index contributed by atoms with van der Waals surface area (Å²) in [6, 6.07) is 0.403. The topological polar surface area (TPSA) is 41.6 Å². The minimum absolute atomic E-state index is 0.0212. The number of urea groups is 1. The van der Waals surface area contributed by atoms with Crippen molar-refractivity contribution in [2.75, 3.05) is 19.7 Å². The lowest BCUT2D eigenvalue weighted by Gasteiger charge is -2.41. The van der Waals surface area contributed by atoms with E-state index in [0.29, 0.717) is 0 Å². The SMILES string of the molecule is CCC1(CC)CC(NC(=O)N2CCC(C)CC2)CCO1. The van der Waals surface area contributed by atoms with Crippen LogP contribution in [0.1, 0.15) is 59.3 Å². The quantitative estimate of drug-likeness (QED) is 0.864. The maximum Gasteiger partial charge on any atom is 0.317 e. The van der Waals surface area contributed by atoms with E-state index in [1.54, 1.807) is 0 Å². The Hall–Kier alpha value is -0.770. The van der Waals surface area contributed by atoms with Crippen molar-refractivity contribution in [2.45, 2.75) is 70.9 Å². The smallest absolute Gasteiger partial charge is 0.317 e. The van der Waals surface area contributed by atoms with Crippen molar-refractivity contribution in [3.05, 3.63) is 0 Å². The van der Waals surface area contributed by atoms with Gasteiger partial charge in [-0.15, -0.1) is 0 Å². The van der Waals surface area contributed by atoms with Gasteiger partial charge < -0.3 is 15.0 Å². The molecule has 1 unspecified atom stereocenters. The number of hydrogen-bond donors (Lipinski definition) is 1. The van der Waals surface area contributed by atoms with Gasteiger partial charge in [0.2, 0.25) is 0 Å². The standard InChI is InChI=1S/C16H30N2O2/c1-4-16(5-2)12-14(8-11-20-16)17-15(19)18-9-6-13(3)7-10-18/h13-14H,4-12H2,1-3H3,(H,17,19). The molecule has 1 atom stereocenters. The molecule has 2 heterocycles. The average Bonchev–Trinajstić information content (AvgIpc) is 2.48. The molecule has 2 aliphatic rings. The first-order valence-corrected chi connectivity index (χ1v) is 8.28. The molecule has 2 rings (SSSR count). The number of nitrogens with one attached hydrogen (secondary N) is 1. The Morgan fingerprint density at radius 1 is 1.25 bits per heavy atom. The summed E-state index contributed by atoms with van der Waals surface area (Å²) in [4.78, 5) is 14.3. The van der Waals surface area contributed by atoms with Crippen LogP contribution in [0, 0.1) is 5.92 Å². The van der Waals surface area contributed by atoms with Crippen LogP contribution in [0.25, 0.3) is 0 Å². The number of rotatable bonds is 3. The molecular formula is C16H30N2O2. The van der Waals surface area contributed by atoms with Gasteiger partial charge in [0.05, 0.1) is 5.60 Å². The van der Waals surface area contributed by atoms with Crippen LogP contribution in [0.4, 0.5) is 4.79 Å². The van der Waals surface area contributed by atoms with Crippen LogP contribution in [-0.2, 0) is 4.74 Å². The van der Waals surface area contributed by atoms with E-state index >= 15 is 0 Å². The molecule has 0 bridgehead atoms. The van der Waals surface area contributed by atoms with Crippen molar-refractivity contribution in [3.63, 3.8) is 0 Å². The van der Waals surface area contributed by atoms with E-state index in [9.17, 15) is 4.79 Å². The minimum Gasteiger partial charge on any atom is -0.375 e. The van der Waals surface area contributed by atoms with Gasteiger partial charge in [-0.05, 0) is 44.4 Å². The van der Waals surface area contributed by atoms with Crippen molar-refractivity contribution in [2.24, 2.45) is 5.92 Å². The van der Waals surface area contributed by atoms with E-state index in [0.717, 1.165) is 64.1 Å². The predicted octanol–water partition coefficient (Wildman–Crippen LogP) is 3.17. The van der Waals surface area contributed by atoms with Gasteiger partial charge in [0.25, 0.3) is 0 Å². The van der Waals surface area contributed by atoms with Crippen LogP contribution >= 0.6 is 0 Å². The summed E-state index contributed by atoms with van der Waals surface area (Å²) in [5.41, 5.74) is -0.0212. The molecule has 1 N–H and O–H groups in total. The lowest BCUT2D eigenvalue weighted by Crippen LogP contribution is -2.52. The summed E-state index contributed by atoms with van der Waals surface area (Å²) in [7, 11) is 0. The Morgan fingerprint density at radius 2 is 1.90 bits per heavy atom. The number of nitrogens with zero attached hydrogens (tertiary/aromatic N) is 1. The fraction of sp³-hybridized carbons (Fsp3) is 0.938. The highest BCUT2D eigenvalue weighted by atomic mass is 16.5. The van der Waals surface area contributed by atoms with Crippen LogP contribution in [0.2, 0.25) is 0 Å². The number of piperidine rings is 1. The van der Waals surface area contributed by atoms with Crippen LogP contribution in [0.5, 0.6) is 0 Å². The molecule has 4 heteroatoms. The normalized spacial score (nSPS) is 27.4. The molecule has 2 saturated heterocycles. The van der Waals surface area contributed by atoms with E-state index in [1.165, 1.54) is 0 Å². The fourth-order valence-corrected chi connectivity index (χ4v) is 3.37. The molecule has 116 valence electrons. The maximum atomic E-state index is 12.3. The summed E-state index contributed by atoms with van der Waals surface area (Å²) < 4.78 is 5.97. The molecule has 0 radical (unpaired) electrons. The molecule has 20 heavy (non-hydrogen) atoms. The van der Waals surface area contributed by atoms with Crippen molar-refractivity contribution >= 4 is 6.03 Å². The van der Waals surface area contributed by atoms with E-state index in [-0.39, 0.29) is 17.7 Å². The Labute approximate surface area is 123 Å². The lowest BCUT2D eigenvalue weighted by atomic mass is 9.86. The number of ether oxygens (including phenoxy) is 1. The zero-order valence-electron chi connectivity index (χ0n) is 13.3. The van der Waals surface area contributed by atoms with Crippen LogP contribution in [0.3, 0.4) is 0 Å². The summed E-state index contributed by atoms with van der Waals surface area (Å²) in [6.45, 7) is 9.21. The summed E-state index contributed by atoms with van der Waals surface area (Å²) >= 11 is 0. The molecule has 0 spiro atoms. The molecule has 2 amide bonds. The average molecular weight is 282 g/mol. The fourth-order valence-electron chi connectivity index (χ4n) is 3.37. The first kappa shape index (κ1) is 15.6. The van der Waals surface area contributed by atoms with Gasteiger partial charge >= 0.3 is 6.03 Å². The predicted molar refractivity (Wildman–Crippen MR) is 80.8 cm³/mol. The van der Waals surface area contributed by atoms with Crippen molar-refractivity contribution in [3.8, 4) is 0 Å². The van der Waals surface area contributed by atoms with Crippen LogP contribution in [0.15, 0.2) is 0 Å². The number of carbonyl (C=O) groups excluding carboxylic acids is 1. The number of amides is 2. The van der Waals surface area contributed by atoms with Gasteiger partial charge in [-0.3, -0.25) is 0 Å². The van der Waals surface area contributed by atoms with Gasteiger partial charge in [0.1, 0.15) is 0 Å². The van der Waals surface area contributed by atoms with Gasteiger partial charge in [-0.25, -0.2) is 4.79 Å². The molecule has 2 fully saturated rings. The number of carbonyl (C=O) groups is 1. The second-order valence-electron chi connectivity index (χ2n) is 6.55. The largest absolute Gasteiger partial charge is 0.375 e. The Bertz CT molecular complexity index is 320. The second kappa shape index (κ2) is 6.79. The first-order valence-electron chi connectivity index (χ1n) is 8.28. The molecular weight excluding hydrogens is 252 g/mol.